The summed E-state index contributed by atoms with van der Waals surface area (Å²) in [4.78, 5) is 25.4. The molecule has 0 saturated carbocycles. The van der Waals surface area contributed by atoms with Gasteiger partial charge in [0.2, 0.25) is 5.82 Å². The number of rotatable bonds is 5. The first-order valence-electron chi connectivity index (χ1n) is 6.98. The van der Waals surface area contributed by atoms with E-state index in [1.54, 1.807) is 0 Å². The lowest BCUT2D eigenvalue weighted by atomic mass is 10.4. The van der Waals surface area contributed by atoms with Crippen molar-refractivity contribution in [2.24, 2.45) is 0 Å². The van der Waals surface area contributed by atoms with Gasteiger partial charge in [-0.25, -0.2) is 15.0 Å². The molecular formula is C15H13N5O2S2. The molecule has 0 unspecified atom stereocenters. The molecule has 0 atom stereocenters. The van der Waals surface area contributed by atoms with Crippen LogP contribution in [0.2, 0.25) is 0 Å². The Balaban J connectivity index is 1.97. The Morgan fingerprint density at radius 1 is 1.21 bits per heavy atom. The molecule has 0 amide bonds. The highest BCUT2D eigenvalue weighted by Gasteiger charge is 2.24. The number of thiazole rings is 1. The van der Waals surface area contributed by atoms with Crippen molar-refractivity contribution < 1.29 is 4.92 Å². The lowest BCUT2D eigenvalue weighted by Crippen LogP contribution is -2.02. The molecule has 2 heterocycles. The minimum Gasteiger partial charge on any atom is -0.310 e. The summed E-state index contributed by atoms with van der Waals surface area (Å²) in [5.74, 6) is 0.141. The Morgan fingerprint density at radius 2 is 1.96 bits per heavy atom. The molecule has 9 heteroatoms. The molecule has 0 fully saturated rings. The third-order valence-electron chi connectivity index (χ3n) is 3.18. The van der Waals surface area contributed by atoms with Crippen LogP contribution in [0.25, 0.3) is 0 Å². The first-order chi connectivity index (χ1) is 11.5. The van der Waals surface area contributed by atoms with Gasteiger partial charge in [-0.2, -0.15) is 0 Å². The topological polar surface area (TPSA) is 93.8 Å². The summed E-state index contributed by atoms with van der Waals surface area (Å²) in [5, 5.41) is 15.4. The van der Waals surface area contributed by atoms with Gasteiger partial charge < -0.3 is 5.32 Å². The Kier molecular flexibility index (Phi) is 4.72. The second-order valence-corrected chi connectivity index (χ2v) is 7.10. The number of nitrogens with zero attached hydrogens (tertiary/aromatic N) is 4. The van der Waals surface area contributed by atoms with Crippen LogP contribution in [0.4, 0.5) is 16.6 Å². The quantitative estimate of drug-likeness (QED) is 0.411. The number of anilines is 2. The summed E-state index contributed by atoms with van der Waals surface area (Å²) in [6.45, 7) is 3.84. The van der Waals surface area contributed by atoms with Crippen LogP contribution in [0, 0.1) is 24.0 Å². The molecule has 1 N–H and O–H groups in total. The van der Waals surface area contributed by atoms with E-state index in [4.69, 9.17) is 0 Å². The van der Waals surface area contributed by atoms with E-state index in [1.807, 2.05) is 44.2 Å². The van der Waals surface area contributed by atoms with Gasteiger partial charge in [-0.15, -0.1) is 11.3 Å². The summed E-state index contributed by atoms with van der Waals surface area (Å²) < 4.78 is 0. The molecule has 122 valence electrons. The van der Waals surface area contributed by atoms with E-state index < -0.39 is 4.92 Å². The Labute approximate surface area is 146 Å². The molecule has 0 aliphatic carbocycles. The monoisotopic (exact) mass is 359 g/mol. The highest BCUT2D eigenvalue weighted by atomic mass is 32.2. The summed E-state index contributed by atoms with van der Waals surface area (Å²) in [5.41, 5.74) is 0.731. The van der Waals surface area contributed by atoms with Gasteiger partial charge in [-0.05, 0) is 26.0 Å². The maximum absolute atomic E-state index is 11.6. The van der Waals surface area contributed by atoms with Crippen molar-refractivity contribution in [3.8, 4) is 0 Å². The molecule has 1 aromatic carbocycles. The van der Waals surface area contributed by atoms with Gasteiger partial charge in [0, 0.05) is 9.77 Å². The largest absolute Gasteiger partial charge is 0.344 e. The van der Waals surface area contributed by atoms with E-state index in [0.717, 1.165) is 15.5 Å². The summed E-state index contributed by atoms with van der Waals surface area (Å²) >= 11 is 2.65. The van der Waals surface area contributed by atoms with Gasteiger partial charge in [0.1, 0.15) is 6.33 Å². The molecule has 0 aliphatic rings. The van der Waals surface area contributed by atoms with Crippen LogP contribution < -0.4 is 5.32 Å². The lowest BCUT2D eigenvalue weighted by Gasteiger charge is -2.06. The highest BCUT2D eigenvalue weighted by molar-refractivity contribution is 7.99. The average Bonchev–Trinajstić information content (AvgIpc) is 2.86. The van der Waals surface area contributed by atoms with E-state index in [1.165, 1.54) is 29.4 Å². The molecule has 2 aromatic heterocycles. The van der Waals surface area contributed by atoms with Crippen LogP contribution in [0.15, 0.2) is 46.6 Å². The standard InChI is InChI=1S/C15H13N5O2S2/c1-9-10(2)23-15(18-9)19-13-12(20(21)22)14(17-8-16-13)24-11-6-4-3-5-7-11/h3-8H,1-2H3,(H,16,17,18,19). The Hall–Kier alpha value is -2.52. The molecule has 0 radical (unpaired) electrons. The number of hydrogen-bond acceptors (Lipinski definition) is 8. The van der Waals surface area contributed by atoms with Gasteiger partial charge >= 0.3 is 5.69 Å². The maximum Gasteiger partial charge on any atom is 0.344 e. The van der Waals surface area contributed by atoms with Crippen LogP contribution in [-0.2, 0) is 0 Å². The van der Waals surface area contributed by atoms with Crippen molar-refractivity contribution in [2.75, 3.05) is 5.32 Å². The zero-order valence-electron chi connectivity index (χ0n) is 12.9. The van der Waals surface area contributed by atoms with Crippen molar-refractivity contribution in [2.45, 2.75) is 23.8 Å². The summed E-state index contributed by atoms with van der Waals surface area (Å²) in [6.07, 6.45) is 1.31. The zero-order chi connectivity index (χ0) is 17.1. The normalized spacial score (nSPS) is 10.6. The number of nitro groups is 1. The van der Waals surface area contributed by atoms with Crippen LogP contribution in [0.3, 0.4) is 0 Å². The molecule has 0 bridgehead atoms. The Morgan fingerprint density at radius 3 is 2.58 bits per heavy atom. The van der Waals surface area contributed by atoms with Crippen molar-refractivity contribution in [3.63, 3.8) is 0 Å². The van der Waals surface area contributed by atoms with Gasteiger partial charge in [-0.3, -0.25) is 10.1 Å². The average molecular weight is 359 g/mol. The number of hydrogen-bond donors (Lipinski definition) is 1. The van der Waals surface area contributed by atoms with E-state index in [0.29, 0.717) is 5.13 Å². The summed E-state index contributed by atoms with van der Waals surface area (Å²) in [6, 6.07) is 9.37. The zero-order valence-corrected chi connectivity index (χ0v) is 14.5. The predicted octanol–water partition coefficient (Wildman–Crippen LogP) is 4.35. The van der Waals surface area contributed by atoms with Crippen molar-refractivity contribution in [1.29, 1.82) is 0 Å². The first-order valence-corrected chi connectivity index (χ1v) is 8.61. The lowest BCUT2D eigenvalue weighted by molar-refractivity contribution is -0.387. The number of nitrogens with one attached hydrogen (secondary N) is 1. The molecule has 24 heavy (non-hydrogen) atoms. The molecule has 3 aromatic rings. The second-order valence-electron chi connectivity index (χ2n) is 4.83. The van der Waals surface area contributed by atoms with Crippen molar-refractivity contribution >= 4 is 39.7 Å². The van der Waals surface area contributed by atoms with Crippen LogP contribution in [0.1, 0.15) is 10.6 Å². The third-order valence-corrected chi connectivity index (χ3v) is 5.17. The van der Waals surface area contributed by atoms with Crippen LogP contribution in [-0.4, -0.2) is 19.9 Å². The number of aromatic nitrogens is 3. The van der Waals surface area contributed by atoms with E-state index >= 15 is 0 Å². The molecular weight excluding hydrogens is 346 g/mol. The number of benzene rings is 1. The molecule has 0 saturated heterocycles. The number of aryl methyl sites for hydroxylation is 2. The first kappa shape index (κ1) is 16.3. The van der Waals surface area contributed by atoms with Crippen molar-refractivity contribution in [3.05, 3.63) is 57.3 Å². The summed E-state index contributed by atoms with van der Waals surface area (Å²) in [7, 11) is 0. The fourth-order valence-electron chi connectivity index (χ4n) is 1.92. The Bertz CT molecular complexity index is 863. The fourth-order valence-corrected chi connectivity index (χ4v) is 3.62. The highest BCUT2D eigenvalue weighted by Crippen LogP contribution is 2.37. The smallest absolute Gasteiger partial charge is 0.310 e. The van der Waals surface area contributed by atoms with E-state index in [2.05, 4.69) is 20.3 Å². The fraction of sp³-hybridized carbons (Fsp3) is 0.133. The van der Waals surface area contributed by atoms with Gasteiger partial charge in [0.25, 0.3) is 0 Å². The molecule has 0 spiro atoms. The van der Waals surface area contributed by atoms with E-state index in [-0.39, 0.29) is 16.5 Å². The van der Waals surface area contributed by atoms with Gasteiger partial charge in [0.15, 0.2) is 10.2 Å². The third kappa shape index (κ3) is 3.52. The van der Waals surface area contributed by atoms with Crippen LogP contribution >= 0.6 is 23.1 Å². The van der Waals surface area contributed by atoms with Gasteiger partial charge in [-0.1, -0.05) is 30.0 Å². The minimum atomic E-state index is -0.471. The van der Waals surface area contributed by atoms with Gasteiger partial charge in [0.05, 0.1) is 10.6 Å². The van der Waals surface area contributed by atoms with E-state index in [9.17, 15) is 10.1 Å². The molecule has 7 nitrogen and oxygen atoms in total. The molecule has 0 aliphatic heterocycles. The SMILES string of the molecule is Cc1nc(Nc2ncnc(Sc3ccccc3)c2[N+](=O)[O-])sc1C. The maximum atomic E-state index is 11.6. The minimum absolute atomic E-state index is 0.141. The van der Waals surface area contributed by atoms with Crippen LogP contribution in [0.5, 0.6) is 0 Å². The second kappa shape index (κ2) is 6.93. The predicted molar refractivity (Wildman–Crippen MR) is 94.1 cm³/mol. The molecule has 3 rings (SSSR count). The van der Waals surface area contributed by atoms with Crippen molar-refractivity contribution in [1.82, 2.24) is 15.0 Å².